The first-order chi connectivity index (χ1) is 7.46. The van der Waals surface area contributed by atoms with Crippen LogP contribution in [0.1, 0.15) is 25.8 Å². The lowest BCUT2D eigenvalue weighted by Gasteiger charge is -2.19. The van der Waals surface area contributed by atoms with Crippen LogP contribution < -0.4 is 11.3 Å². The van der Waals surface area contributed by atoms with E-state index in [0.29, 0.717) is 18.7 Å². The molecule has 0 fully saturated rings. The monoisotopic (exact) mass is 224 g/mol. The Labute approximate surface area is 96.0 Å². The molecule has 0 bridgehead atoms. The summed E-state index contributed by atoms with van der Waals surface area (Å²) in [4.78, 5) is 12.1. The van der Waals surface area contributed by atoms with Gasteiger partial charge in [0.2, 0.25) is 0 Å². The number of hydrogen-bond donors (Lipinski definition) is 1. The maximum Gasteiger partial charge on any atom is 0.255 e. The molecule has 0 atom stereocenters. The molecule has 16 heavy (non-hydrogen) atoms. The van der Waals surface area contributed by atoms with Gasteiger partial charge in [-0.25, -0.2) is 0 Å². The Morgan fingerprint density at radius 2 is 2.19 bits per heavy atom. The molecule has 0 saturated heterocycles. The second-order valence-electron chi connectivity index (χ2n) is 4.49. The molecule has 0 amide bonds. The predicted molar refractivity (Wildman–Crippen MR) is 64.4 cm³/mol. The highest BCUT2D eigenvalue weighted by atomic mass is 16.5. The summed E-state index contributed by atoms with van der Waals surface area (Å²) in [6.07, 6.45) is 2.61. The Morgan fingerprint density at radius 3 is 2.75 bits per heavy atom. The van der Waals surface area contributed by atoms with Crippen LogP contribution in [-0.2, 0) is 16.8 Å². The predicted octanol–water partition coefficient (Wildman–Crippen LogP) is 1.08. The van der Waals surface area contributed by atoms with Crippen LogP contribution in [0.25, 0.3) is 0 Å². The van der Waals surface area contributed by atoms with Gasteiger partial charge < -0.3 is 15.0 Å². The molecule has 4 nitrogen and oxygen atoms in total. The zero-order chi connectivity index (χ0) is 12.2. The van der Waals surface area contributed by atoms with Gasteiger partial charge >= 0.3 is 0 Å². The van der Waals surface area contributed by atoms with Crippen molar-refractivity contribution in [3.05, 3.63) is 34.2 Å². The Balaban J connectivity index is 2.92. The van der Waals surface area contributed by atoms with E-state index in [1.54, 1.807) is 23.9 Å². The summed E-state index contributed by atoms with van der Waals surface area (Å²) >= 11 is 0. The van der Waals surface area contributed by atoms with Gasteiger partial charge in [-0.1, -0.05) is 6.07 Å². The van der Waals surface area contributed by atoms with Crippen LogP contribution in [0, 0.1) is 0 Å². The van der Waals surface area contributed by atoms with E-state index in [1.165, 1.54) is 0 Å². The van der Waals surface area contributed by atoms with Gasteiger partial charge in [0.15, 0.2) is 0 Å². The summed E-state index contributed by atoms with van der Waals surface area (Å²) in [5.74, 6) is 0. The van der Waals surface area contributed by atoms with Gasteiger partial charge in [0, 0.05) is 37.6 Å². The third-order valence-corrected chi connectivity index (χ3v) is 2.46. The summed E-state index contributed by atoms with van der Waals surface area (Å²) in [5, 5.41) is 0. The van der Waals surface area contributed by atoms with Gasteiger partial charge in [0.05, 0.1) is 0 Å². The smallest absolute Gasteiger partial charge is 0.255 e. The lowest BCUT2D eigenvalue weighted by molar-refractivity contribution is 0.190. The quantitative estimate of drug-likeness (QED) is 0.761. The number of methoxy groups -OCH3 is 1. The third-order valence-electron chi connectivity index (χ3n) is 2.46. The summed E-state index contributed by atoms with van der Waals surface area (Å²) in [5.41, 5.74) is 5.98. The second kappa shape index (κ2) is 5.27. The molecule has 0 aliphatic carbocycles. The minimum absolute atomic E-state index is 0.00824. The minimum Gasteiger partial charge on any atom is -0.385 e. The number of ether oxygens (including phenoxy) is 1. The van der Waals surface area contributed by atoms with E-state index in [-0.39, 0.29) is 5.56 Å². The van der Waals surface area contributed by atoms with Gasteiger partial charge in [-0.3, -0.25) is 4.79 Å². The Hall–Kier alpha value is -1.13. The zero-order valence-corrected chi connectivity index (χ0v) is 10.2. The highest BCUT2D eigenvalue weighted by molar-refractivity contribution is 5.18. The lowest BCUT2D eigenvalue weighted by Crippen LogP contribution is -2.37. The molecule has 90 valence electrons. The number of nitrogens with zero attached hydrogens (tertiary/aromatic N) is 1. The number of rotatable bonds is 5. The van der Waals surface area contributed by atoms with Crippen molar-refractivity contribution in [2.24, 2.45) is 5.73 Å². The fraction of sp³-hybridized carbons (Fsp3) is 0.583. The number of pyridine rings is 1. The van der Waals surface area contributed by atoms with E-state index < -0.39 is 5.54 Å². The maximum absolute atomic E-state index is 12.1. The van der Waals surface area contributed by atoms with Gasteiger partial charge in [0.25, 0.3) is 5.56 Å². The highest BCUT2D eigenvalue weighted by Crippen LogP contribution is 2.11. The van der Waals surface area contributed by atoms with Crippen molar-refractivity contribution in [1.29, 1.82) is 0 Å². The van der Waals surface area contributed by atoms with E-state index in [1.807, 2.05) is 19.9 Å². The van der Waals surface area contributed by atoms with Crippen molar-refractivity contribution in [3.8, 4) is 0 Å². The molecule has 4 heteroatoms. The zero-order valence-electron chi connectivity index (χ0n) is 10.2. The summed E-state index contributed by atoms with van der Waals surface area (Å²) in [6.45, 7) is 4.99. The molecule has 2 N–H and O–H groups in total. The Morgan fingerprint density at radius 1 is 1.50 bits per heavy atom. The molecule has 0 spiro atoms. The van der Waals surface area contributed by atoms with Crippen molar-refractivity contribution in [2.45, 2.75) is 32.4 Å². The standard InChI is InChI=1S/C12H20N2O2/c1-12(2,13)10-6-4-7-14(11(10)15)8-5-9-16-3/h4,6-7H,5,8-9,13H2,1-3H3. The topological polar surface area (TPSA) is 57.2 Å². The first-order valence-electron chi connectivity index (χ1n) is 5.44. The summed E-state index contributed by atoms with van der Waals surface area (Å²) in [6, 6.07) is 3.65. The molecule has 1 aromatic heterocycles. The Kier molecular flexibility index (Phi) is 4.26. The first kappa shape index (κ1) is 12.9. The lowest BCUT2D eigenvalue weighted by atomic mass is 9.97. The van der Waals surface area contributed by atoms with Crippen molar-refractivity contribution in [1.82, 2.24) is 4.57 Å². The number of aryl methyl sites for hydroxylation is 1. The van der Waals surface area contributed by atoms with Crippen LogP contribution >= 0.6 is 0 Å². The second-order valence-corrected chi connectivity index (χ2v) is 4.49. The average Bonchev–Trinajstić information content (AvgIpc) is 2.19. The molecule has 0 unspecified atom stereocenters. The van der Waals surface area contributed by atoms with Gasteiger partial charge in [-0.2, -0.15) is 0 Å². The first-order valence-corrected chi connectivity index (χ1v) is 5.44. The van der Waals surface area contributed by atoms with E-state index in [2.05, 4.69) is 0 Å². The molecule has 0 radical (unpaired) electrons. The summed E-state index contributed by atoms with van der Waals surface area (Å²) < 4.78 is 6.64. The van der Waals surface area contributed by atoms with Crippen molar-refractivity contribution >= 4 is 0 Å². The number of aromatic nitrogens is 1. The van der Waals surface area contributed by atoms with Gasteiger partial charge in [-0.05, 0) is 26.3 Å². The van der Waals surface area contributed by atoms with Gasteiger partial charge in [0.1, 0.15) is 0 Å². The van der Waals surface area contributed by atoms with Crippen molar-refractivity contribution < 1.29 is 4.74 Å². The van der Waals surface area contributed by atoms with Crippen LogP contribution in [0.3, 0.4) is 0 Å². The molecule has 0 saturated carbocycles. The number of hydrogen-bond acceptors (Lipinski definition) is 3. The van der Waals surface area contributed by atoms with Crippen LogP contribution in [0.5, 0.6) is 0 Å². The fourth-order valence-corrected chi connectivity index (χ4v) is 1.58. The van der Waals surface area contributed by atoms with Crippen LogP contribution in [0.4, 0.5) is 0 Å². The van der Waals surface area contributed by atoms with Crippen LogP contribution in [0.15, 0.2) is 23.1 Å². The molecule has 0 aliphatic rings. The fourth-order valence-electron chi connectivity index (χ4n) is 1.58. The molecule has 1 rings (SSSR count). The van der Waals surface area contributed by atoms with E-state index in [9.17, 15) is 4.79 Å². The molecular formula is C12H20N2O2. The third kappa shape index (κ3) is 3.18. The molecule has 1 heterocycles. The van der Waals surface area contributed by atoms with E-state index in [0.717, 1.165) is 6.42 Å². The largest absolute Gasteiger partial charge is 0.385 e. The maximum atomic E-state index is 12.1. The van der Waals surface area contributed by atoms with Crippen LogP contribution in [0.2, 0.25) is 0 Å². The SMILES string of the molecule is COCCCn1cccc(C(C)(C)N)c1=O. The molecular weight excluding hydrogens is 204 g/mol. The van der Waals surface area contributed by atoms with E-state index >= 15 is 0 Å². The van der Waals surface area contributed by atoms with E-state index in [4.69, 9.17) is 10.5 Å². The minimum atomic E-state index is -0.596. The average molecular weight is 224 g/mol. The van der Waals surface area contributed by atoms with Crippen molar-refractivity contribution in [3.63, 3.8) is 0 Å². The molecule has 0 aromatic carbocycles. The Bertz CT molecular complexity index is 391. The number of nitrogens with two attached hydrogens (primary N) is 1. The van der Waals surface area contributed by atoms with Crippen molar-refractivity contribution in [2.75, 3.05) is 13.7 Å². The molecule has 1 aromatic rings. The molecule has 0 aliphatic heterocycles. The van der Waals surface area contributed by atoms with Crippen LogP contribution in [-0.4, -0.2) is 18.3 Å². The normalized spacial score (nSPS) is 11.8. The highest BCUT2D eigenvalue weighted by Gasteiger charge is 2.18. The summed E-state index contributed by atoms with van der Waals surface area (Å²) in [7, 11) is 1.65. The van der Waals surface area contributed by atoms with Gasteiger partial charge in [-0.15, -0.1) is 0 Å².